The smallest absolute Gasteiger partial charge is 0.155 e. The Morgan fingerprint density at radius 2 is 1.96 bits per heavy atom. The first-order valence-electron chi connectivity index (χ1n) is 8.59. The monoisotopic (exact) mass is 354 g/mol. The maximum atomic E-state index is 13.0. The molecule has 3 nitrogen and oxygen atoms in total. The summed E-state index contributed by atoms with van der Waals surface area (Å²) in [5.74, 6) is 0.296. The summed E-state index contributed by atoms with van der Waals surface area (Å²) < 4.78 is 0. The molecule has 3 rings (SSSR count). The molecule has 0 aromatic heterocycles. The van der Waals surface area contributed by atoms with E-state index in [-0.39, 0.29) is 12.1 Å². The van der Waals surface area contributed by atoms with Gasteiger partial charge in [-0.1, -0.05) is 35.7 Å². The zero-order valence-electron chi connectivity index (χ0n) is 13.4. The number of benzene rings is 1. The molecular formula is C18H24Cl2N2O. The van der Waals surface area contributed by atoms with Crippen LogP contribution in [0.15, 0.2) is 18.2 Å². The second-order valence-electron chi connectivity index (χ2n) is 6.64. The highest BCUT2D eigenvalue weighted by Gasteiger charge is 2.35. The number of carbonyl (C=O) groups excluding carboxylic acids is 1. The molecule has 0 spiro atoms. The van der Waals surface area contributed by atoms with E-state index in [0.717, 1.165) is 31.6 Å². The highest BCUT2D eigenvalue weighted by Crippen LogP contribution is 2.25. The molecule has 2 aliphatic rings. The van der Waals surface area contributed by atoms with Crippen molar-refractivity contribution < 1.29 is 4.79 Å². The molecule has 2 saturated heterocycles. The fraction of sp³-hybridized carbons (Fsp3) is 0.611. The number of hydrogen-bond acceptors (Lipinski definition) is 3. The second kappa shape index (κ2) is 7.98. The van der Waals surface area contributed by atoms with Gasteiger partial charge in [0.15, 0.2) is 5.78 Å². The lowest BCUT2D eigenvalue weighted by Crippen LogP contribution is -2.55. The van der Waals surface area contributed by atoms with Gasteiger partial charge in [0.1, 0.15) is 0 Å². The van der Waals surface area contributed by atoms with Gasteiger partial charge in [0.25, 0.3) is 0 Å². The molecule has 1 aromatic rings. The number of likely N-dealkylation sites (tertiary alicyclic amines) is 1. The molecule has 0 bridgehead atoms. The Morgan fingerprint density at radius 1 is 1.17 bits per heavy atom. The van der Waals surface area contributed by atoms with Crippen molar-refractivity contribution in [1.29, 1.82) is 0 Å². The minimum Gasteiger partial charge on any atom is -0.312 e. The fourth-order valence-electron chi connectivity index (χ4n) is 3.81. The quantitative estimate of drug-likeness (QED) is 0.874. The van der Waals surface area contributed by atoms with Crippen molar-refractivity contribution in [1.82, 2.24) is 10.2 Å². The van der Waals surface area contributed by atoms with Gasteiger partial charge < -0.3 is 5.32 Å². The van der Waals surface area contributed by atoms with Crippen LogP contribution in [0.5, 0.6) is 0 Å². The molecule has 5 heteroatoms. The zero-order valence-corrected chi connectivity index (χ0v) is 14.9. The molecule has 0 radical (unpaired) electrons. The second-order valence-corrected chi connectivity index (χ2v) is 7.45. The van der Waals surface area contributed by atoms with Gasteiger partial charge in [0.2, 0.25) is 0 Å². The van der Waals surface area contributed by atoms with Gasteiger partial charge in [-0.25, -0.2) is 0 Å². The normalized spacial score (nSPS) is 23.8. The first-order chi connectivity index (χ1) is 11.1. The lowest BCUT2D eigenvalue weighted by atomic mass is 9.91. The van der Waals surface area contributed by atoms with E-state index in [9.17, 15) is 4.79 Å². The fourth-order valence-corrected chi connectivity index (χ4v) is 4.13. The van der Waals surface area contributed by atoms with E-state index < -0.39 is 0 Å². The van der Waals surface area contributed by atoms with Crippen LogP contribution in [0.2, 0.25) is 10.0 Å². The number of carbonyl (C=O) groups is 1. The van der Waals surface area contributed by atoms with Crippen molar-refractivity contribution >= 4 is 29.0 Å². The Labute approximate surface area is 148 Å². The summed E-state index contributed by atoms with van der Waals surface area (Å²) in [6, 6.07) is 5.78. The van der Waals surface area contributed by atoms with Crippen molar-refractivity contribution in [2.45, 2.75) is 50.6 Å². The molecular weight excluding hydrogens is 331 g/mol. The number of halogens is 2. The average Bonchev–Trinajstić information content (AvgIpc) is 3.06. The largest absolute Gasteiger partial charge is 0.312 e. The van der Waals surface area contributed by atoms with Crippen LogP contribution < -0.4 is 5.32 Å². The van der Waals surface area contributed by atoms with Crippen LogP contribution in [0, 0.1) is 0 Å². The van der Waals surface area contributed by atoms with Gasteiger partial charge in [0.05, 0.1) is 16.1 Å². The molecule has 23 heavy (non-hydrogen) atoms. The SMILES string of the molecule is O=C(Cc1ccc(Cl)c(Cl)c1)C(C1CCCCN1)N1CCCC1. The molecule has 2 atom stereocenters. The highest BCUT2D eigenvalue weighted by atomic mass is 35.5. The summed E-state index contributed by atoms with van der Waals surface area (Å²) in [6.45, 7) is 3.10. The van der Waals surface area contributed by atoms with Crippen LogP contribution in [-0.4, -0.2) is 42.4 Å². The number of rotatable bonds is 5. The van der Waals surface area contributed by atoms with Crippen molar-refractivity contribution in [2.24, 2.45) is 0 Å². The van der Waals surface area contributed by atoms with Crippen molar-refractivity contribution in [3.63, 3.8) is 0 Å². The molecule has 0 saturated carbocycles. The Hall–Kier alpha value is -0.610. The van der Waals surface area contributed by atoms with Gasteiger partial charge in [-0.3, -0.25) is 9.69 Å². The van der Waals surface area contributed by atoms with E-state index in [1.165, 1.54) is 25.7 Å². The van der Waals surface area contributed by atoms with Crippen LogP contribution in [0.25, 0.3) is 0 Å². The van der Waals surface area contributed by atoms with E-state index in [2.05, 4.69) is 10.2 Å². The van der Waals surface area contributed by atoms with Crippen LogP contribution >= 0.6 is 23.2 Å². The number of nitrogens with zero attached hydrogens (tertiary/aromatic N) is 1. The van der Waals surface area contributed by atoms with Crippen LogP contribution in [0.4, 0.5) is 0 Å². The number of piperidine rings is 1. The third kappa shape index (κ3) is 4.27. The Morgan fingerprint density at radius 3 is 2.61 bits per heavy atom. The van der Waals surface area contributed by atoms with Crippen molar-refractivity contribution in [2.75, 3.05) is 19.6 Å². The van der Waals surface area contributed by atoms with E-state index in [0.29, 0.717) is 22.2 Å². The predicted molar refractivity (Wildman–Crippen MR) is 95.4 cm³/mol. The van der Waals surface area contributed by atoms with Crippen LogP contribution in [0.1, 0.15) is 37.7 Å². The summed E-state index contributed by atoms with van der Waals surface area (Å²) in [5, 5.41) is 4.63. The summed E-state index contributed by atoms with van der Waals surface area (Å²) in [5.41, 5.74) is 0.949. The van der Waals surface area contributed by atoms with E-state index >= 15 is 0 Å². The van der Waals surface area contributed by atoms with Crippen LogP contribution in [0.3, 0.4) is 0 Å². The Bertz CT molecular complexity index is 552. The minimum absolute atomic E-state index is 0.00717. The summed E-state index contributed by atoms with van der Waals surface area (Å²) in [4.78, 5) is 15.4. The number of nitrogens with one attached hydrogen (secondary N) is 1. The van der Waals surface area contributed by atoms with Gasteiger partial charge in [-0.15, -0.1) is 0 Å². The first kappa shape index (κ1) is 17.2. The lowest BCUT2D eigenvalue weighted by Gasteiger charge is -2.36. The van der Waals surface area contributed by atoms with Crippen molar-refractivity contribution in [3.05, 3.63) is 33.8 Å². The number of ketones is 1. The van der Waals surface area contributed by atoms with Gasteiger partial charge in [-0.05, 0) is 63.0 Å². The summed E-state index contributed by atoms with van der Waals surface area (Å²) >= 11 is 12.1. The summed E-state index contributed by atoms with van der Waals surface area (Å²) in [6.07, 6.45) is 6.34. The molecule has 1 aromatic carbocycles. The van der Waals surface area contributed by atoms with Gasteiger partial charge in [0, 0.05) is 12.5 Å². The highest BCUT2D eigenvalue weighted by molar-refractivity contribution is 6.42. The third-order valence-corrected chi connectivity index (χ3v) is 5.69. The molecule has 2 heterocycles. The molecule has 2 aliphatic heterocycles. The Balaban J connectivity index is 1.74. The molecule has 126 valence electrons. The molecule has 0 aliphatic carbocycles. The minimum atomic E-state index is -0.00717. The standard InChI is InChI=1S/C18H24Cl2N2O/c19-14-7-6-13(11-15(14)20)12-17(23)18(22-9-3-4-10-22)16-5-1-2-8-21-16/h6-7,11,16,18,21H,1-5,8-10,12H2. The van der Waals surface area contributed by atoms with E-state index in [1.807, 2.05) is 12.1 Å². The lowest BCUT2D eigenvalue weighted by molar-refractivity contribution is -0.124. The topological polar surface area (TPSA) is 32.3 Å². The zero-order chi connectivity index (χ0) is 16.2. The van der Waals surface area contributed by atoms with Crippen molar-refractivity contribution in [3.8, 4) is 0 Å². The predicted octanol–water partition coefficient (Wildman–Crippen LogP) is 3.71. The molecule has 1 N–H and O–H groups in total. The maximum Gasteiger partial charge on any atom is 0.155 e. The van der Waals surface area contributed by atoms with Gasteiger partial charge >= 0.3 is 0 Å². The Kier molecular flexibility index (Phi) is 5.97. The first-order valence-corrected chi connectivity index (χ1v) is 9.35. The average molecular weight is 355 g/mol. The maximum absolute atomic E-state index is 13.0. The van der Waals surface area contributed by atoms with E-state index in [1.54, 1.807) is 6.07 Å². The number of hydrogen-bond donors (Lipinski definition) is 1. The van der Waals surface area contributed by atoms with Gasteiger partial charge in [-0.2, -0.15) is 0 Å². The molecule has 2 fully saturated rings. The third-order valence-electron chi connectivity index (χ3n) is 4.96. The van der Waals surface area contributed by atoms with E-state index in [4.69, 9.17) is 23.2 Å². The molecule has 2 unspecified atom stereocenters. The van der Waals surface area contributed by atoms with Crippen LogP contribution in [-0.2, 0) is 11.2 Å². The number of Topliss-reactive ketones (excluding diaryl/α,β-unsaturated/α-hetero) is 1. The molecule has 0 amide bonds. The summed E-state index contributed by atoms with van der Waals surface area (Å²) in [7, 11) is 0.